The highest BCUT2D eigenvalue weighted by Crippen LogP contribution is 2.25. The molecule has 92 valence electrons. The monoisotopic (exact) mass is 283 g/mol. The largest absolute Gasteiger partial charge is 0.430 e. The summed E-state index contributed by atoms with van der Waals surface area (Å²) < 4.78 is 4.60. The summed E-state index contributed by atoms with van der Waals surface area (Å²) in [7, 11) is 0. The van der Waals surface area contributed by atoms with Crippen molar-refractivity contribution < 1.29 is 9.21 Å². The first kappa shape index (κ1) is 12.7. The summed E-state index contributed by atoms with van der Waals surface area (Å²) in [6.07, 6.45) is 1.08. The van der Waals surface area contributed by atoms with Crippen molar-refractivity contribution >= 4 is 34.8 Å². The number of hydrogen-bond acceptors (Lipinski definition) is 3. The summed E-state index contributed by atoms with van der Waals surface area (Å²) in [6.45, 7) is 0. The van der Waals surface area contributed by atoms with E-state index in [0.29, 0.717) is 15.7 Å². The van der Waals surface area contributed by atoms with E-state index in [1.165, 1.54) is 12.1 Å². The van der Waals surface area contributed by atoms with Gasteiger partial charge >= 0.3 is 5.63 Å². The zero-order valence-corrected chi connectivity index (χ0v) is 10.5. The summed E-state index contributed by atoms with van der Waals surface area (Å²) >= 11 is 11.7. The molecular formula is C12H7Cl2NO3. The molecule has 0 fully saturated rings. The van der Waals surface area contributed by atoms with Crippen molar-refractivity contribution in [1.29, 1.82) is 0 Å². The molecule has 1 aromatic carbocycles. The van der Waals surface area contributed by atoms with E-state index in [1.807, 2.05) is 0 Å². The minimum absolute atomic E-state index is 0.214. The van der Waals surface area contributed by atoms with Crippen LogP contribution in [0.15, 0.2) is 45.8 Å². The Bertz CT molecular complexity index is 632. The van der Waals surface area contributed by atoms with Crippen LogP contribution < -0.4 is 10.9 Å². The van der Waals surface area contributed by atoms with Crippen molar-refractivity contribution in [3.8, 4) is 0 Å². The van der Waals surface area contributed by atoms with Crippen molar-refractivity contribution in [2.45, 2.75) is 0 Å². The van der Waals surface area contributed by atoms with Crippen LogP contribution in [0.1, 0.15) is 10.4 Å². The topological polar surface area (TPSA) is 59.3 Å². The first-order valence-corrected chi connectivity index (χ1v) is 5.67. The van der Waals surface area contributed by atoms with Gasteiger partial charge < -0.3 is 9.73 Å². The van der Waals surface area contributed by atoms with Gasteiger partial charge in [-0.25, -0.2) is 4.79 Å². The molecule has 0 bridgehead atoms. The molecule has 1 amide bonds. The Balaban J connectivity index is 2.23. The summed E-state index contributed by atoms with van der Waals surface area (Å²) in [5.41, 5.74) is 0.0818. The van der Waals surface area contributed by atoms with E-state index in [4.69, 9.17) is 23.2 Å². The summed E-state index contributed by atoms with van der Waals surface area (Å²) in [4.78, 5) is 22.6. The molecule has 0 unspecified atom stereocenters. The van der Waals surface area contributed by atoms with Gasteiger partial charge in [0.2, 0.25) is 0 Å². The smallest absolute Gasteiger partial charge is 0.335 e. The molecule has 1 aromatic heterocycles. The van der Waals surface area contributed by atoms with Crippen molar-refractivity contribution in [2.75, 3.05) is 5.32 Å². The van der Waals surface area contributed by atoms with Gasteiger partial charge in [-0.1, -0.05) is 23.2 Å². The third-order valence-corrected chi connectivity index (χ3v) is 2.70. The van der Waals surface area contributed by atoms with E-state index in [0.717, 1.165) is 12.3 Å². The molecule has 0 aliphatic rings. The highest BCUT2D eigenvalue weighted by molar-refractivity contribution is 6.35. The standard InChI is InChI=1S/C12H7Cl2NO3/c13-8-2-3-9(14)10(5-8)15-12(17)7-1-4-11(16)18-6-7/h1-6H,(H,15,17). The first-order valence-electron chi connectivity index (χ1n) is 4.91. The van der Waals surface area contributed by atoms with Gasteiger partial charge in [0, 0.05) is 11.1 Å². The van der Waals surface area contributed by atoms with E-state index in [-0.39, 0.29) is 5.56 Å². The van der Waals surface area contributed by atoms with Crippen LogP contribution in [0.25, 0.3) is 0 Å². The van der Waals surface area contributed by atoms with Crippen LogP contribution >= 0.6 is 23.2 Å². The molecule has 6 heteroatoms. The number of halogens is 2. The molecule has 0 saturated carbocycles. The molecule has 1 N–H and O–H groups in total. The van der Waals surface area contributed by atoms with Crippen molar-refractivity contribution in [3.05, 3.63) is 62.6 Å². The number of rotatable bonds is 2. The normalized spacial score (nSPS) is 10.1. The minimum atomic E-state index is -0.521. The molecule has 0 spiro atoms. The Hall–Kier alpha value is -1.78. The van der Waals surface area contributed by atoms with Crippen LogP contribution in [0.4, 0.5) is 5.69 Å². The molecule has 0 aliphatic heterocycles. The second-order valence-electron chi connectivity index (χ2n) is 3.42. The Morgan fingerprint density at radius 3 is 2.61 bits per heavy atom. The zero-order chi connectivity index (χ0) is 13.1. The lowest BCUT2D eigenvalue weighted by molar-refractivity contribution is 0.102. The Labute approximate surface area is 112 Å². The van der Waals surface area contributed by atoms with Gasteiger partial charge in [0.25, 0.3) is 5.91 Å². The summed E-state index contributed by atoms with van der Waals surface area (Å²) in [5.74, 6) is -0.442. The fourth-order valence-electron chi connectivity index (χ4n) is 1.27. The van der Waals surface area contributed by atoms with Crippen LogP contribution in [0, 0.1) is 0 Å². The third-order valence-electron chi connectivity index (χ3n) is 2.14. The number of hydrogen-bond donors (Lipinski definition) is 1. The molecule has 0 aliphatic carbocycles. The molecule has 0 atom stereocenters. The molecule has 18 heavy (non-hydrogen) atoms. The van der Waals surface area contributed by atoms with Gasteiger partial charge in [0.1, 0.15) is 6.26 Å². The van der Waals surface area contributed by atoms with Crippen molar-refractivity contribution in [3.63, 3.8) is 0 Å². The second-order valence-corrected chi connectivity index (χ2v) is 4.27. The molecule has 4 nitrogen and oxygen atoms in total. The number of carbonyl (C=O) groups is 1. The maximum Gasteiger partial charge on any atom is 0.335 e. The maximum atomic E-state index is 11.8. The highest BCUT2D eigenvalue weighted by Gasteiger charge is 2.09. The maximum absolute atomic E-state index is 11.8. The molecule has 2 rings (SSSR count). The van der Waals surface area contributed by atoms with E-state index >= 15 is 0 Å². The van der Waals surface area contributed by atoms with Gasteiger partial charge in [-0.2, -0.15) is 0 Å². The Morgan fingerprint density at radius 1 is 1.17 bits per heavy atom. The van der Waals surface area contributed by atoms with E-state index in [2.05, 4.69) is 9.73 Å². The van der Waals surface area contributed by atoms with E-state index in [1.54, 1.807) is 12.1 Å². The number of nitrogens with one attached hydrogen (secondary N) is 1. The van der Waals surface area contributed by atoms with Crippen molar-refractivity contribution in [2.24, 2.45) is 0 Å². The minimum Gasteiger partial charge on any atom is -0.430 e. The highest BCUT2D eigenvalue weighted by atomic mass is 35.5. The van der Waals surface area contributed by atoms with Gasteiger partial charge in [-0.05, 0) is 24.3 Å². The molecule has 0 saturated heterocycles. The summed E-state index contributed by atoms with van der Waals surface area (Å²) in [6, 6.07) is 7.24. The quantitative estimate of drug-likeness (QED) is 0.921. The first-order chi connectivity index (χ1) is 8.56. The molecule has 2 aromatic rings. The average molecular weight is 284 g/mol. The number of anilines is 1. The van der Waals surface area contributed by atoms with E-state index in [9.17, 15) is 9.59 Å². The van der Waals surface area contributed by atoms with Crippen LogP contribution in [-0.2, 0) is 0 Å². The lowest BCUT2D eigenvalue weighted by atomic mass is 10.2. The van der Waals surface area contributed by atoms with Crippen LogP contribution in [0.3, 0.4) is 0 Å². The summed E-state index contributed by atoms with van der Waals surface area (Å²) in [5, 5.41) is 3.39. The fourth-order valence-corrected chi connectivity index (χ4v) is 1.61. The SMILES string of the molecule is O=C(Nc1cc(Cl)ccc1Cl)c1ccc(=O)oc1. The predicted molar refractivity (Wildman–Crippen MR) is 69.4 cm³/mol. The van der Waals surface area contributed by atoms with Gasteiger partial charge in [-0.15, -0.1) is 0 Å². The molecule has 0 radical (unpaired) electrons. The Morgan fingerprint density at radius 2 is 1.94 bits per heavy atom. The zero-order valence-electron chi connectivity index (χ0n) is 8.94. The third kappa shape index (κ3) is 2.91. The number of amides is 1. The number of carbonyl (C=O) groups excluding carboxylic acids is 1. The van der Waals surface area contributed by atoms with Gasteiger partial charge in [0.05, 0.1) is 16.3 Å². The van der Waals surface area contributed by atoms with E-state index < -0.39 is 11.5 Å². The lowest BCUT2D eigenvalue weighted by Crippen LogP contribution is -2.13. The van der Waals surface area contributed by atoms with Crippen LogP contribution in [0.5, 0.6) is 0 Å². The molecular weight excluding hydrogens is 277 g/mol. The Kier molecular flexibility index (Phi) is 3.69. The molecule has 1 heterocycles. The van der Waals surface area contributed by atoms with Crippen LogP contribution in [0.2, 0.25) is 10.0 Å². The van der Waals surface area contributed by atoms with Gasteiger partial charge in [0.15, 0.2) is 0 Å². The van der Waals surface area contributed by atoms with Crippen LogP contribution in [-0.4, -0.2) is 5.91 Å². The predicted octanol–water partition coefficient (Wildman–Crippen LogP) is 3.20. The average Bonchev–Trinajstić information content (AvgIpc) is 2.34. The number of benzene rings is 1. The second kappa shape index (κ2) is 5.25. The lowest BCUT2D eigenvalue weighted by Gasteiger charge is -2.06. The van der Waals surface area contributed by atoms with Gasteiger partial charge in [-0.3, -0.25) is 4.79 Å². The van der Waals surface area contributed by atoms with Crippen molar-refractivity contribution in [1.82, 2.24) is 0 Å². The fraction of sp³-hybridized carbons (Fsp3) is 0.